The van der Waals surface area contributed by atoms with Crippen LogP contribution in [0.15, 0.2) is 36.4 Å². The van der Waals surface area contributed by atoms with Crippen molar-refractivity contribution in [3.8, 4) is 5.75 Å². The van der Waals surface area contributed by atoms with Gasteiger partial charge >= 0.3 is 5.97 Å². The lowest BCUT2D eigenvalue weighted by atomic mass is 10.1. The zero-order valence-electron chi connectivity index (χ0n) is 14.3. The van der Waals surface area contributed by atoms with Gasteiger partial charge in [0.2, 0.25) is 5.91 Å². The van der Waals surface area contributed by atoms with Crippen LogP contribution in [0.2, 0.25) is 0 Å². The standard InChI is InChI=1S/C19H18N2O5/c1-10-4-3-5-11(2)17(10)20-14-9-16(23)21(18(14)24)12-6-7-15(22)13(8-12)19(25)26/h3-8,14,20,22H,9H2,1-2H3,(H,25,26). The smallest absolute Gasteiger partial charge is 0.339 e. The molecule has 1 fully saturated rings. The molecule has 3 rings (SSSR count). The summed E-state index contributed by atoms with van der Waals surface area (Å²) in [6, 6.07) is 8.62. The number of hydrogen-bond acceptors (Lipinski definition) is 5. The van der Waals surface area contributed by atoms with Gasteiger partial charge in [0.25, 0.3) is 5.91 Å². The molecule has 134 valence electrons. The number of hydrogen-bond donors (Lipinski definition) is 3. The van der Waals surface area contributed by atoms with Crippen molar-refractivity contribution in [3.05, 3.63) is 53.1 Å². The van der Waals surface area contributed by atoms with Gasteiger partial charge in [-0.3, -0.25) is 9.59 Å². The predicted octanol–water partition coefficient (Wildman–Crippen LogP) is 2.45. The zero-order valence-corrected chi connectivity index (χ0v) is 14.3. The Bertz CT molecular complexity index is 902. The van der Waals surface area contributed by atoms with E-state index in [0.717, 1.165) is 33.8 Å². The molecule has 7 nitrogen and oxygen atoms in total. The summed E-state index contributed by atoms with van der Waals surface area (Å²) in [5.74, 6) is -2.65. The number of aromatic hydroxyl groups is 1. The molecule has 0 aromatic heterocycles. The third-order valence-electron chi connectivity index (χ3n) is 4.42. The zero-order chi connectivity index (χ0) is 19.0. The molecule has 1 atom stereocenters. The second kappa shape index (κ2) is 6.51. The van der Waals surface area contributed by atoms with E-state index in [0.29, 0.717) is 0 Å². The number of carboxylic acid groups (broad SMARTS) is 1. The lowest BCUT2D eigenvalue weighted by Crippen LogP contribution is -2.35. The molecule has 1 saturated heterocycles. The second-order valence-corrected chi connectivity index (χ2v) is 6.24. The number of carbonyl (C=O) groups excluding carboxylic acids is 2. The minimum Gasteiger partial charge on any atom is -0.507 e. The number of rotatable bonds is 4. The SMILES string of the molecule is Cc1cccc(C)c1NC1CC(=O)N(c2ccc(O)c(C(=O)O)c2)C1=O. The van der Waals surface area contributed by atoms with Crippen molar-refractivity contribution in [2.45, 2.75) is 26.3 Å². The molecule has 1 aliphatic heterocycles. The van der Waals surface area contributed by atoms with E-state index in [1.165, 1.54) is 6.07 Å². The molecule has 2 aromatic carbocycles. The van der Waals surface area contributed by atoms with Crippen LogP contribution in [0.1, 0.15) is 27.9 Å². The Hall–Kier alpha value is -3.35. The van der Waals surface area contributed by atoms with Gasteiger partial charge in [0, 0.05) is 5.69 Å². The largest absolute Gasteiger partial charge is 0.507 e. The minimum atomic E-state index is -1.34. The molecule has 1 unspecified atom stereocenters. The van der Waals surface area contributed by atoms with Gasteiger partial charge in [-0.25, -0.2) is 9.69 Å². The lowest BCUT2D eigenvalue weighted by Gasteiger charge is -2.18. The highest BCUT2D eigenvalue weighted by molar-refractivity contribution is 6.23. The number of aromatic carboxylic acids is 1. The van der Waals surface area contributed by atoms with E-state index >= 15 is 0 Å². The van der Waals surface area contributed by atoms with E-state index in [-0.39, 0.29) is 17.7 Å². The summed E-state index contributed by atoms with van der Waals surface area (Å²) in [6.07, 6.45) is -0.0319. The molecule has 0 saturated carbocycles. The van der Waals surface area contributed by atoms with Crippen molar-refractivity contribution >= 4 is 29.2 Å². The van der Waals surface area contributed by atoms with Crippen molar-refractivity contribution in [3.63, 3.8) is 0 Å². The third-order valence-corrected chi connectivity index (χ3v) is 4.42. The van der Waals surface area contributed by atoms with E-state index in [4.69, 9.17) is 5.11 Å². The molecule has 0 bridgehead atoms. The summed E-state index contributed by atoms with van der Waals surface area (Å²) in [6.45, 7) is 3.82. The summed E-state index contributed by atoms with van der Waals surface area (Å²) in [7, 11) is 0. The Balaban J connectivity index is 1.90. The van der Waals surface area contributed by atoms with E-state index < -0.39 is 29.6 Å². The molecule has 7 heteroatoms. The molecule has 0 radical (unpaired) electrons. The van der Waals surface area contributed by atoms with E-state index in [1.807, 2.05) is 32.0 Å². The van der Waals surface area contributed by atoms with Gasteiger partial charge in [0.1, 0.15) is 17.4 Å². The number of nitrogens with zero attached hydrogens (tertiary/aromatic N) is 1. The van der Waals surface area contributed by atoms with Gasteiger partial charge < -0.3 is 15.5 Å². The first-order valence-electron chi connectivity index (χ1n) is 8.05. The number of anilines is 2. The Morgan fingerprint density at radius 1 is 1.15 bits per heavy atom. The van der Waals surface area contributed by atoms with Crippen LogP contribution in [0.4, 0.5) is 11.4 Å². The van der Waals surface area contributed by atoms with E-state index in [9.17, 15) is 19.5 Å². The molecule has 2 aromatic rings. The van der Waals surface area contributed by atoms with Crippen molar-refractivity contribution in [1.82, 2.24) is 0 Å². The number of para-hydroxylation sites is 1. The second-order valence-electron chi connectivity index (χ2n) is 6.24. The number of carbonyl (C=O) groups is 3. The van der Waals surface area contributed by atoms with E-state index in [2.05, 4.69) is 5.32 Å². The summed E-state index contributed by atoms with van der Waals surface area (Å²) < 4.78 is 0. The van der Waals surface area contributed by atoms with Crippen LogP contribution in [-0.4, -0.2) is 34.0 Å². The van der Waals surface area contributed by atoms with Crippen LogP contribution in [0.25, 0.3) is 0 Å². The van der Waals surface area contributed by atoms with Gasteiger partial charge in [-0.1, -0.05) is 18.2 Å². The van der Waals surface area contributed by atoms with Gasteiger partial charge in [0.15, 0.2) is 0 Å². The molecule has 3 N–H and O–H groups in total. The third kappa shape index (κ3) is 2.99. The predicted molar refractivity (Wildman–Crippen MR) is 95.5 cm³/mol. The number of phenols is 1. The Labute approximate surface area is 149 Å². The maximum atomic E-state index is 12.7. The molecular formula is C19H18N2O5. The Kier molecular flexibility index (Phi) is 4.38. The van der Waals surface area contributed by atoms with Gasteiger partial charge in [-0.15, -0.1) is 0 Å². The number of amides is 2. The monoisotopic (exact) mass is 354 g/mol. The Morgan fingerprint density at radius 3 is 2.42 bits per heavy atom. The fraction of sp³-hybridized carbons (Fsp3) is 0.211. The average Bonchev–Trinajstić information content (AvgIpc) is 2.85. The number of nitrogens with one attached hydrogen (secondary N) is 1. The molecule has 1 heterocycles. The molecule has 2 amide bonds. The van der Waals surface area contributed by atoms with Crippen LogP contribution in [-0.2, 0) is 9.59 Å². The number of carboxylic acids is 1. The maximum absolute atomic E-state index is 12.7. The summed E-state index contributed by atoms with van der Waals surface area (Å²) in [5.41, 5.74) is 2.48. The molecule has 1 aliphatic rings. The fourth-order valence-corrected chi connectivity index (χ4v) is 3.07. The summed E-state index contributed by atoms with van der Waals surface area (Å²) in [4.78, 5) is 37.2. The van der Waals surface area contributed by atoms with Gasteiger partial charge in [-0.05, 0) is 43.2 Å². The molecule has 0 aliphatic carbocycles. The van der Waals surface area contributed by atoms with Crippen LogP contribution in [0.3, 0.4) is 0 Å². The highest BCUT2D eigenvalue weighted by Gasteiger charge is 2.40. The minimum absolute atomic E-state index is 0.0319. The van der Waals surface area contributed by atoms with Crippen LogP contribution in [0.5, 0.6) is 5.75 Å². The summed E-state index contributed by atoms with van der Waals surface area (Å²) in [5, 5.41) is 21.8. The van der Waals surface area contributed by atoms with Gasteiger partial charge in [0.05, 0.1) is 12.1 Å². The quantitative estimate of drug-likeness (QED) is 0.728. The number of imide groups is 1. The summed E-state index contributed by atoms with van der Waals surface area (Å²) >= 11 is 0. The van der Waals surface area contributed by atoms with E-state index in [1.54, 1.807) is 0 Å². The number of aryl methyl sites for hydroxylation is 2. The molecule has 26 heavy (non-hydrogen) atoms. The van der Waals surface area contributed by atoms with Crippen molar-refractivity contribution in [2.75, 3.05) is 10.2 Å². The van der Waals surface area contributed by atoms with Crippen LogP contribution >= 0.6 is 0 Å². The van der Waals surface area contributed by atoms with Gasteiger partial charge in [-0.2, -0.15) is 0 Å². The van der Waals surface area contributed by atoms with Crippen LogP contribution < -0.4 is 10.2 Å². The van der Waals surface area contributed by atoms with Crippen LogP contribution in [0, 0.1) is 13.8 Å². The lowest BCUT2D eigenvalue weighted by molar-refractivity contribution is -0.121. The normalized spacial score (nSPS) is 16.8. The van der Waals surface area contributed by atoms with Crippen molar-refractivity contribution < 1.29 is 24.6 Å². The molecule has 0 spiro atoms. The first-order chi connectivity index (χ1) is 12.3. The average molecular weight is 354 g/mol. The Morgan fingerprint density at radius 2 is 1.81 bits per heavy atom. The first kappa shape index (κ1) is 17.5. The topological polar surface area (TPSA) is 107 Å². The highest BCUT2D eigenvalue weighted by atomic mass is 16.4. The molecular weight excluding hydrogens is 336 g/mol. The van der Waals surface area contributed by atoms with Crippen molar-refractivity contribution in [1.29, 1.82) is 0 Å². The number of benzene rings is 2. The maximum Gasteiger partial charge on any atom is 0.339 e. The van der Waals surface area contributed by atoms with Crippen molar-refractivity contribution in [2.24, 2.45) is 0 Å². The first-order valence-corrected chi connectivity index (χ1v) is 8.05. The highest BCUT2D eigenvalue weighted by Crippen LogP contribution is 2.30. The fourth-order valence-electron chi connectivity index (χ4n) is 3.07.